The predicted molar refractivity (Wildman–Crippen MR) is 65.8 cm³/mol. The average molecular weight is 228 g/mol. The van der Waals surface area contributed by atoms with Gasteiger partial charge in [0.2, 0.25) is 0 Å². The van der Waals surface area contributed by atoms with Gasteiger partial charge in [0.1, 0.15) is 0 Å². The molecule has 1 heterocycles. The van der Waals surface area contributed by atoms with Crippen LogP contribution >= 0.6 is 11.3 Å². The van der Waals surface area contributed by atoms with Gasteiger partial charge in [0.15, 0.2) is 5.13 Å². The smallest absolute Gasteiger partial charge is 0.183 e. The Morgan fingerprint density at radius 1 is 1.47 bits per heavy atom. The van der Waals surface area contributed by atoms with Crippen LogP contribution in [0.25, 0.3) is 0 Å². The topological polar surface area (TPSA) is 34.1 Å². The molecular formula is C11H20N2OS. The van der Waals surface area contributed by atoms with Gasteiger partial charge in [0.25, 0.3) is 0 Å². The lowest BCUT2D eigenvalue weighted by atomic mass is 10.2. The molecular weight excluding hydrogens is 208 g/mol. The number of nitrogens with zero attached hydrogens (tertiary/aromatic N) is 1. The number of hydrogen-bond donors (Lipinski definition) is 1. The number of ether oxygens (including phenoxy) is 1. The van der Waals surface area contributed by atoms with Crippen molar-refractivity contribution in [2.45, 2.75) is 39.7 Å². The van der Waals surface area contributed by atoms with Gasteiger partial charge in [-0.2, -0.15) is 0 Å². The molecule has 1 N–H and O–H groups in total. The second-order valence-electron chi connectivity index (χ2n) is 3.75. The first-order valence-corrected chi connectivity index (χ1v) is 6.18. The minimum atomic E-state index is 0.380. The molecule has 1 aromatic heterocycles. The molecule has 4 heteroatoms. The van der Waals surface area contributed by atoms with Gasteiger partial charge in [-0.05, 0) is 20.3 Å². The Hall–Kier alpha value is -0.610. The van der Waals surface area contributed by atoms with E-state index in [1.165, 1.54) is 4.88 Å². The summed E-state index contributed by atoms with van der Waals surface area (Å²) in [6.45, 7) is 7.07. The summed E-state index contributed by atoms with van der Waals surface area (Å²) in [5.74, 6) is 0. The van der Waals surface area contributed by atoms with Crippen molar-refractivity contribution in [2.24, 2.45) is 0 Å². The highest BCUT2D eigenvalue weighted by molar-refractivity contribution is 7.15. The third-order valence-electron chi connectivity index (χ3n) is 2.36. The van der Waals surface area contributed by atoms with E-state index in [9.17, 15) is 0 Å². The van der Waals surface area contributed by atoms with E-state index in [1.807, 2.05) is 6.92 Å². The van der Waals surface area contributed by atoms with E-state index in [0.29, 0.717) is 6.04 Å². The Bertz CT molecular complexity index is 273. The first-order chi connectivity index (χ1) is 7.17. The van der Waals surface area contributed by atoms with Crippen LogP contribution in [0.5, 0.6) is 0 Å². The molecule has 0 saturated carbocycles. The Morgan fingerprint density at radius 2 is 2.20 bits per heavy atom. The van der Waals surface area contributed by atoms with Gasteiger partial charge in [0.05, 0.1) is 18.3 Å². The summed E-state index contributed by atoms with van der Waals surface area (Å²) in [7, 11) is 1.74. The summed E-state index contributed by atoms with van der Waals surface area (Å²) in [6, 6.07) is 0.380. The van der Waals surface area contributed by atoms with Gasteiger partial charge in [-0.25, -0.2) is 4.98 Å². The van der Waals surface area contributed by atoms with Crippen LogP contribution in [0.2, 0.25) is 0 Å². The van der Waals surface area contributed by atoms with Crippen molar-refractivity contribution in [3.8, 4) is 0 Å². The standard InChI is InChI=1S/C11H20N2OS/c1-5-6-10(7-14-4)13-11-12-8(2)9(3)15-11/h10H,5-7H2,1-4H3,(H,12,13). The molecule has 0 saturated heterocycles. The molecule has 15 heavy (non-hydrogen) atoms. The Kier molecular flexibility index (Phi) is 5.05. The number of methoxy groups -OCH3 is 1. The van der Waals surface area contributed by atoms with Crippen LogP contribution in [0.15, 0.2) is 0 Å². The van der Waals surface area contributed by atoms with Gasteiger partial charge in [-0.1, -0.05) is 13.3 Å². The number of thiazole rings is 1. The molecule has 3 nitrogen and oxygen atoms in total. The zero-order valence-corrected chi connectivity index (χ0v) is 10.8. The molecule has 0 aliphatic heterocycles. The molecule has 0 aliphatic rings. The molecule has 0 fully saturated rings. The van der Waals surface area contributed by atoms with E-state index in [-0.39, 0.29) is 0 Å². The van der Waals surface area contributed by atoms with Gasteiger partial charge in [-0.3, -0.25) is 0 Å². The summed E-state index contributed by atoms with van der Waals surface area (Å²) in [5, 5.41) is 4.44. The molecule has 1 aromatic rings. The molecule has 0 amide bonds. The highest BCUT2D eigenvalue weighted by Gasteiger charge is 2.10. The van der Waals surface area contributed by atoms with E-state index >= 15 is 0 Å². The van der Waals surface area contributed by atoms with Gasteiger partial charge in [-0.15, -0.1) is 11.3 Å². The third kappa shape index (κ3) is 3.80. The normalized spacial score (nSPS) is 12.8. The lowest BCUT2D eigenvalue weighted by molar-refractivity contribution is 0.182. The van der Waals surface area contributed by atoms with Crippen LogP contribution in [0.3, 0.4) is 0 Å². The van der Waals surface area contributed by atoms with Gasteiger partial charge in [0, 0.05) is 12.0 Å². The fraction of sp³-hybridized carbons (Fsp3) is 0.727. The average Bonchev–Trinajstić information content (AvgIpc) is 2.47. The lowest BCUT2D eigenvalue weighted by Gasteiger charge is -2.15. The van der Waals surface area contributed by atoms with Crippen molar-refractivity contribution in [1.82, 2.24) is 4.98 Å². The predicted octanol–water partition coefficient (Wildman–Crippen LogP) is 2.99. The molecule has 1 atom stereocenters. The second-order valence-corrected chi connectivity index (χ2v) is 4.95. The van der Waals surface area contributed by atoms with Crippen LogP contribution in [0.1, 0.15) is 30.3 Å². The van der Waals surface area contributed by atoms with Crippen LogP contribution in [-0.4, -0.2) is 24.7 Å². The van der Waals surface area contributed by atoms with E-state index < -0.39 is 0 Å². The van der Waals surface area contributed by atoms with Crippen molar-refractivity contribution in [3.63, 3.8) is 0 Å². The maximum atomic E-state index is 5.18. The van der Waals surface area contributed by atoms with Crippen LogP contribution in [-0.2, 0) is 4.74 Å². The number of anilines is 1. The first-order valence-electron chi connectivity index (χ1n) is 5.36. The van der Waals surface area contributed by atoms with Crippen LogP contribution in [0, 0.1) is 13.8 Å². The van der Waals surface area contributed by atoms with Crippen molar-refractivity contribution >= 4 is 16.5 Å². The maximum absolute atomic E-state index is 5.18. The van der Waals surface area contributed by atoms with Crippen molar-refractivity contribution in [3.05, 3.63) is 10.6 Å². The Morgan fingerprint density at radius 3 is 2.67 bits per heavy atom. The van der Waals surface area contributed by atoms with E-state index in [1.54, 1.807) is 18.4 Å². The largest absolute Gasteiger partial charge is 0.383 e. The molecule has 86 valence electrons. The monoisotopic (exact) mass is 228 g/mol. The molecule has 0 aromatic carbocycles. The Balaban J connectivity index is 2.56. The van der Waals surface area contributed by atoms with E-state index in [4.69, 9.17) is 4.74 Å². The zero-order valence-electron chi connectivity index (χ0n) is 9.96. The number of nitrogens with one attached hydrogen (secondary N) is 1. The number of hydrogen-bond acceptors (Lipinski definition) is 4. The SMILES string of the molecule is CCCC(COC)Nc1nc(C)c(C)s1. The number of rotatable bonds is 6. The molecule has 1 unspecified atom stereocenters. The maximum Gasteiger partial charge on any atom is 0.183 e. The quantitative estimate of drug-likeness (QED) is 0.812. The summed E-state index contributed by atoms with van der Waals surface area (Å²) < 4.78 is 5.18. The minimum absolute atomic E-state index is 0.380. The minimum Gasteiger partial charge on any atom is -0.383 e. The lowest BCUT2D eigenvalue weighted by Crippen LogP contribution is -2.24. The van der Waals surface area contributed by atoms with E-state index in [2.05, 4.69) is 24.1 Å². The number of aryl methyl sites for hydroxylation is 2. The molecule has 0 bridgehead atoms. The highest BCUT2D eigenvalue weighted by atomic mass is 32.1. The fourth-order valence-corrected chi connectivity index (χ4v) is 2.35. The molecule has 1 rings (SSSR count). The van der Waals surface area contributed by atoms with Gasteiger partial charge < -0.3 is 10.1 Å². The third-order valence-corrected chi connectivity index (χ3v) is 3.37. The molecule has 0 spiro atoms. The van der Waals surface area contributed by atoms with E-state index in [0.717, 1.165) is 30.3 Å². The molecule has 0 aliphatic carbocycles. The second kappa shape index (κ2) is 6.08. The first kappa shape index (κ1) is 12.5. The summed E-state index contributed by atoms with van der Waals surface area (Å²) in [5.41, 5.74) is 1.12. The summed E-state index contributed by atoms with van der Waals surface area (Å²) in [4.78, 5) is 5.75. The van der Waals surface area contributed by atoms with Gasteiger partial charge >= 0.3 is 0 Å². The highest BCUT2D eigenvalue weighted by Crippen LogP contribution is 2.22. The zero-order chi connectivity index (χ0) is 11.3. The fourth-order valence-electron chi connectivity index (χ4n) is 1.46. The van der Waals surface area contributed by atoms with Crippen LogP contribution < -0.4 is 5.32 Å². The Labute approximate surface area is 95.9 Å². The summed E-state index contributed by atoms with van der Waals surface area (Å²) in [6.07, 6.45) is 2.27. The summed E-state index contributed by atoms with van der Waals surface area (Å²) >= 11 is 1.72. The van der Waals surface area contributed by atoms with Crippen LogP contribution in [0.4, 0.5) is 5.13 Å². The number of aromatic nitrogens is 1. The van der Waals surface area contributed by atoms with Crippen molar-refractivity contribution in [1.29, 1.82) is 0 Å². The van der Waals surface area contributed by atoms with Crippen molar-refractivity contribution < 1.29 is 4.74 Å². The molecule has 0 radical (unpaired) electrons. The van der Waals surface area contributed by atoms with Crippen molar-refractivity contribution in [2.75, 3.05) is 19.0 Å².